The first-order valence-electron chi connectivity index (χ1n) is 4.81. The van der Waals surface area contributed by atoms with E-state index >= 15 is 0 Å². The fourth-order valence-electron chi connectivity index (χ4n) is 1.54. The van der Waals surface area contributed by atoms with E-state index in [9.17, 15) is 8.78 Å². The molecule has 0 fully saturated rings. The van der Waals surface area contributed by atoms with Gasteiger partial charge in [0.2, 0.25) is 0 Å². The quantitative estimate of drug-likeness (QED) is 0.747. The Balaban J connectivity index is 2.51. The Bertz CT molecular complexity index is 492. The van der Waals surface area contributed by atoms with Gasteiger partial charge in [0.05, 0.1) is 0 Å². The zero-order valence-electron chi connectivity index (χ0n) is 8.38. The molecule has 0 radical (unpaired) electrons. The van der Waals surface area contributed by atoms with E-state index in [1.54, 1.807) is 24.3 Å². The molecule has 0 N–H and O–H groups in total. The normalized spacial score (nSPS) is 10.4. The lowest BCUT2D eigenvalue weighted by Crippen LogP contribution is -1.86. The van der Waals surface area contributed by atoms with Crippen molar-refractivity contribution in [1.82, 2.24) is 0 Å². The van der Waals surface area contributed by atoms with Gasteiger partial charge in [0, 0.05) is 4.47 Å². The molecule has 3 heteroatoms. The number of halogens is 3. The zero-order chi connectivity index (χ0) is 11.5. The number of alkyl halides is 1. The zero-order valence-corrected chi connectivity index (χ0v) is 9.97. The molecule has 0 amide bonds. The third-order valence-corrected chi connectivity index (χ3v) is 3.31. The van der Waals surface area contributed by atoms with Crippen LogP contribution in [0.5, 0.6) is 0 Å². The first-order valence-corrected chi connectivity index (χ1v) is 5.61. The highest BCUT2D eigenvalue weighted by atomic mass is 79.9. The summed E-state index contributed by atoms with van der Waals surface area (Å²) < 4.78 is 26.2. The van der Waals surface area contributed by atoms with Crippen molar-refractivity contribution in [3.8, 4) is 11.1 Å². The van der Waals surface area contributed by atoms with Crippen LogP contribution in [0.2, 0.25) is 0 Å². The van der Waals surface area contributed by atoms with Crippen LogP contribution in [0, 0.1) is 5.82 Å². The van der Waals surface area contributed by atoms with Crippen molar-refractivity contribution >= 4 is 15.9 Å². The summed E-state index contributed by atoms with van der Waals surface area (Å²) in [6, 6.07) is 11.5. The standard InChI is InChI=1S/C13H9BrF2/c14-13-10(8-15)2-1-3-12(13)9-4-6-11(16)7-5-9/h1-7H,8H2. The van der Waals surface area contributed by atoms with E-state index < -0.39 is 6.67 Å². The summed E-state index contributed by atoms with van der Waals surface area (Å²) in [4.78, 5) is 0. The largest absolute Gasteiger partial charge is 0.246 e. The van der Waals surface area contributed by atoms with Crippen LogP contribution in [-0.2, 0) is 6.67 Å². The molecule has 0 aliphatic heterocycles. The minimum atomic E-state index is -0.518. The Kier molecular flexibility index (Phi) is 3.34. The first kappa shape index (κ1) is 11.3. The van der Waals surface area contributed by atoms with Crippen LogP contribution in [0.1, 0.15) is 5.56 Å². The molecule has 0 heterocycles. The Morgan fingerprint density at radius 2 is 1.69 bits per heavy atom. The molecule has 0 aliphatic rings. The van der Waals surface area contributed by atoms with E-state index in [0.717, 1.165) is 15.6 Å². The lowest BCUT2D eigenvalue weighted by molar-refractivity contribution is 0.484. The van der Waals surface area contributed by atoms with Gasteiger partial charge in [-0.05, 0) is 44.8 Å². The Morgan fingerprint density at radius 1 is 1.00 bits per heavy atom. The van der Waals surface area contributed by atoms with E-state index in [4.69, 9.17) is 0 Å². The summed E-state index contributed by atoms with van der Waals surface area (Å²) in [5.41, 5.74) is 2.33. The predicted octanol–water partition coefficient (Wildman–Crippen LogP) is 4.72. The molecule has 2 rings (SSSR count). The van der Waals surface area contributed by atoms with Crippen molar-refractivity contribution in [2.24, 2.45) is 0 Å². The number of rotatable bonds is 2. The molecule has 0 atom stereocenters. The van der Waals surface area contributed by atoms with Gasteiger partial charge < -0.3 is 0 Å². The average Bonchev–Trinajstić information content (AvgIpc) is 2.31. The third kappa shape index (κ3) is 2.14. The summed E-state index contributed by atoms with van der Waals surface area (Å²) in [6.07, 6.45) is 0. The molecular formula is C13H9BrF2. The molecule has 0 nitrogen and oxygen atoms in total. The molecule has 2 aromatic rings. The molecule has 82 valence electrons. The minimum Gasteiger partial charge on any atom is -0.246 e. The van der Waals surface area contributed by atoms with Gasteiger partial charge >= 0.3 is 0 Å². The molecule has 0 saturated carbocycles. The van der Waals surface area contributed by atoms with Crippen LogP contribution in [0.4, 0.5) is 8.78 Å². The summed E-state index contributed by atoms with van der Waals surface area (Å²) in [7, 11) is 0. The Hall–Kier alpha value is -1.22. The molecule has 0 aliphatic carbocycles. The monoisotopic (exact) mass is 282 g/mol. The Morgan fingerprint density at radius 3 is 2.31 bits per heavy atom. The van der Waals surface area contributed by atoms with Crippen LogP contribution in [-0.4, -0.2) is 0 Å². The van der Waals surface area contributed by atoms with E-state index in [0.29, 0.717) is 5.56 Å². The highest BCUT2D eigenvalue weighted by molar-refractivity contribution is 9.10. The van der Waals surface area contributed by atoms with Crippen LogP contribution in [0.15, 0.2) is 46.9 Å². The van der Waals surface area contributed by atoms with Crippen LogP contribution < -0.4 is 0 Å². The second-order valence-electron chi connectivity index (χ2n) is 3.42. The van der Waals surface area contributed by atoms with E-state index in [2.05, 4.69) is 15.9 Å². The van der Waals surface area contributed by atoms with Gasteiger partial charge in [-0.25, -0.2) is 8.78 Å². The highest BCUT2D eigenvalue weighted by Crippen LogP contribution is 2.31. The summed E-state index contributed by atoms with van der Waals surface area (Å²) >= 11 is 3.36. The lowest BCUT2D eigenvalue weighted by atomic mass is 10.0. The summed E-state index contributed by atoms with van der Waals surface area (Å²) in [6.45, 7) is -0.518. The highest BCUT2D eigenvalue weighted by Gasteiger charge is 2.07. The van der Waals surface area contributed by atoms with Crippen molar-refractivity contribution in [2.45, 2.75) is 6.67 Å². The second kappa shape index (κ2) is 4.74. The van der Waals surface area contributed by atoms with Gasteiger partial charge in [-0.3, -0.25) is 0 Å². The predicted molar refractivity (Wildman–Crippen MR) is 64.3 cm³/mol. The topological polar surface area (TPSA) is 0 Å². The average molecular weight is 283 g/mol. The van der Waals surface area contributed by atoms with E-state index in [1.807, 2.05) is 6.07 Å². The summed E-state index contributed by atoms with van der Waals surface area (Å²) in [5.74, 6) is -0.276. The van der Waals surface area contributed by atoms with Crippen LogP contribution in [0.3, 0.4) is 0 Å². The maximum atomic E-state index is 12.8. The molecule has 0 saturated heterocycles. The summed E-state index contributed by atoms with van der Waals surface area (Å²) in [5, 5.41) is 0. The first-order chi connectivity index (χ1) is 7.72. The van der Waals surface area contributed by atoms with Crippen LogP contribution in [0.25, 0.3) is 11.1 Å². The maximum absolute atomic E-state index is 12.8. The van der Waals surface area contributed by atoms with Gasteiger partial charge in [0.1, 0.15) is 12.5 Å². The molecule has 2 aromatic carbocycles. The molecule has 0 aromatic heterocycles. The lowest BCUT2D eigenvalue weighted by Gasteiger charge is -2.07. The SMILES string of the molecule is FCc1cccc(-c2ccc(F)cc2)c1Br. The van der Waals surface area contributed by atoms with Gasteiger partial charge in [-0.1, -0.05) is 30.3 Å². The second-order valence-corrected chi connectivity index (χ2v) is 4.21. The van der Waals surface area contributed by atoms with Gasteiger partial charge in [0.25, 0.3) is 0 Å². The van der Waals surface area contributed by atoms with Crippen molar-refractivity contribution < 1.29 is 8.78 Å². The minimum absolute atomic E-state index is 0.276. The van der Waals surface area contributed by atoms with Crippen molar-refractivity contribution in [2.75, 3.05) is 0 Å². The smallest absolute Gasteiger partial charge is 0.123 e. The maximum Gasteiger partial charge on any atom is 0.123 e. The van der Waals surface area contributed by atoms with Crippen LogP contribution >= 0.6 is 15.9 Å². The molecule has 0 unspecified atom stereocenters. The molecule has 16 heavy (non-hydrogen) atoms. The van der Waals surface area contributed by atoms with E-state index in [-0.39, 0.29) is 5.82 Å². The molecule has 0 spiro atoms. The third-order valence-electron chi connectivity index (χ3n) is 2.38. The van der Waals surface area contributed by atoms with E-state index in [1.165, 1.54) is 12.1 Å². The fraction of sp³-hybridized carbons (Fsp3) is 0.0769. The number of hydrogen-bond acceptors (Lipinski definition) is 0. The molecular weight excluding hydrogens is 274 g/mol. The van der Waals surface area contributed by atoms with Crippen molar-refractivity contribution in [1.29, 1.82) is 0 Å². The van der Waals surface area contributed by atoms with Gasteiger partial charge in [-0.2, -0.15) is 0 Å². The number of hydrogen-bond donors (Lipinski definition) is 0. The van der Waals surface area contributed by atoms with Gasteiger partial charge in [-0.15, -0.1) is 0 Å². The van der Waals surface area contributed by atoms with Crippen molar-refractivity contribution in [3.05, 3.63) is 58.3 Å². The molecule has 0 bridgehead atoms. The van der Waals surface area contributed by atoms with Crippen molar-refractivity contribution in [3.63, 3.8) is 0 Å². The fourth-order valence-corrected chi connectivity index (χ4v) is 2.13. The number of benzene rings is 2. The van der Waals surface area contributed by atoms with Gasteiger partial charge in [0.15, 0.2) is 0 Å². The Labute approximate surface area is 101 Å².